The Bertz CT molecular complexity index is 1190. The molecule has 2 aliphatic heterocycles. The van der Waals surface area contributed by atoms with Gasteiger partial charge in [-0.05, 0) is 55.9 Å². The highest BCUT2D eigenvalue weighted by atomic mass is 32.1. The van der Waals surface area contributed by atoms with Crippen molar-refractivity contribution < 1.29 is 4.79 Å². The molecule has 2 aromatic heterocycles. The molecule has 31 heavy (non-hydrogen) atoms. The zero-order valence-corrected chi connectivity index (χ0v) is 18.3. The fourth-order valence-corrected chi connectivity index (χ4v) is 6.31. The number of fused-ring (bicyclic) bond motifs is 4. The Morgan fingerprint density at radius 1 is 1.35 bits per heavy atom. The number of piperazine rings is 1. The maximum atomic E-state index is 13.0. The Labute approximate surface area is 185 Å². The van der Waals surface area contributed by atoms with E-state index < -0.39 is 0 Å². The third kappa shape index (κ3) is 3.25. The lowest BCUT2D eigenvalue weighted by Gasteiger charge is -2.32. The fraction of sp³-hybridized carbons (Fsp3) is 0.435. The predicted molar refractivity (Wildman–Crippen MR) is 124 cm³/mol. The van der Waals surface area contributed by atoms with Gasteiger partial charge in [-0.1, -0.05) is 6.07 Å². The number of thiophene rings is 1. The summed E-state index contributed by atoms with van der Waals surface area (Å²) in [6, 6.07) is 8.29. The summed E-state index contributed by atoms with van der Waals surface area (Å²) in [6.07, 6.45) is 5.73. The number of carbonyl (C=O) groups excluding carboxylic acids is 1. The van der Waals surface area contributed by atoms with Crippen LogP contribution in [-0.2, 0) is 12.8 Å². The highest BCUT2D eigenvalue weighted by molar-refractivity contribution is 7.21. The molecule has 1 aliphatic carbocycles. The van der Waals surface area contributed by atoms with E-state index in [0.717, 1.165) is 42.9 Å². The maximum absolute atomic E-state index is 13.0. The second kappa shape index (κ2) is 7.17. The van der Waals surface area contributed by atoms with Gasteiger partial charge in [0, 0.05) is 43.1 Å². The molecule has 6 rings (SSSR count). The van der Waals surface area contributed by atoms with Gasteiger partial charge in [-0.15, -0.1) is 11.3 Å². The molecule has 2 bridgehead atoms. The van der Waals surface area contributed by atoms with Crippen LogP contribution in [0.3, 0.4) is 0 Å². The maximum Gasteiger partial charge on any atom is 0.263 e. The number of aromatic nitrogens is 2. The van der Waals surface area contributed by atoms with E-state index in [1.807, 2.05) is 6.92 Å². The highest BCUT2D eigenvalue weighted by Crippen LogP contribution is 2.34. The van der Waals surface area contributed by atoms with Crippen molar-refractivity contribution in [1.29, 1.82) is 0 Å². The molecule has 4 N–H and O–H groups in total. The van der Waals surface area contributed by atoms with Crippen molar-refractivity contribution in [2.45, 2.75) is 50.7 Å². The van der Waals surface area contributed by atoms with Crippen LogP contribution < -0.4 is 21.3 Å². The van der Waals surface area contributed by atoms with Crippen molar-refractivity contribution >= 4 is 39.0 Å². The molecule has 4 heterocycles. The van der Waals surface area contributed by atoms with Gasteiger partial charge in [-0.25, -0.2) is 9.97 Å². The highest BCUT2D eigenvalue weighted by Gasteiger charge is 2.37. The summed E-state index contributed by atoms with van der Waals surface area (Å²) in [5, 5.41) is 6.77. The summed E-state index contributed by atoms with van der Waals surface area (Å²) in [4.78, 5) is 25.6. The van der Waals surface area contributed by atoms with Gasteiger partial charge in [0.15, 0.2) is 0 Å². The van der Waals surface area contributed by atoms with Crippen LogP contribution in [0.25, 0.3) is 10.3 Å². The number of rotatable bonds is 3. The molecule has 2 fully saturated rings. The first-order chi connectivity index (χ1) is 15.0. The number of nitrogen functional groups attached to an aromatic ring is 1. The van der Waals surface area contributed by atoms with Crippen molar-refractivity contribution in [2.24, 2.45) is 0 Å². The standard InChI is InChI=1S/C23H26N6OS/c1-12-9-26-20-19(24)21(31-23(20)27-12)22(30)28-15-4-2-14-7-17(5-3-13(14)6-15)29-11-16-8-18(29)10-25-16/h3,5,7,9,15-16,18,25H,2,4,6,8,10-11,24H2,1H3,(H,28,30)/t15-,16+,18+/m0/s1. The first kappa shape index (κ1) is 19.0. The SMILES string of the molecule is Cc1cnc2c(N)c(C(=O)N[C@H]3CCc4cc(N5C[C@H]6C[C@@H]5CN6)ccc4C3)sc2n1. The lowest BCUT2D eigenvalue weighted by Crippen LogP contribution is -2.43. The zero-order valence-electron chi connectivity index (χ0n) is 17.5. The van der Waals surface area contributed by atoms with Crippen LogP contribution in [0.4, 0.5) is 11.4 Å². The number of hydrogen-bond donors (Lipinski definition) is 3. The smallest absolute Gasteiger partial charge is 0.263 e. The minimum atomic E-state index is -0.120. The van der Waals surface area contributed by atoms with E-state index in [9.17, 15) is 4.79 Å². The van der Waals surface area contributed by atoms with E-state index in [4.69, 9.17) is 5.73 Å². The number of hydrogen-bond acceptors (Lipinski definition) is 7. The number of carbonyl (C=O) groups is 1. The van der Waals surface area contributed by atoms with Crippen molar-refractivity contribution in [3.05, 3.63) is 46.1 Å². The third-order valence-corrected chi connectivity index (χ3v) is 7.99. The van der Waals surface area contributed by atoms with Crippen LogP contribution in [0, 0.1) is 6.92 Å². The summed E-state index contributed by atoms with van der Waals surface area (Å²) in [7, 11) is 0. The molecule has 0 unspecified atom stereocenters. The normalized spacial score (nSPS) is 24.5. The number of nitrogens with two attached hydrogens (primary N) is 1. The molecule has 160 valence electrons. The minimum Gasteiger partial charge on any atom is -0.396 e. The van der Waals surface area contributed by atoms with Gasteiger partial charge >= 0.3 is 0 Å². The molecule has 0 radical (unpaired) electrons. The van der Waals surface area contributed by atoms with Gasteiger partial charge in [0.2, 0.25) is 0 Å². The molecule has 3 aliphatic rings. The molecule has 2 saturated heterocycles. The van der Waals surface area contributed by atoms with Crippen LogP contribution in [0.2, 0.25) is 0 Å². The Kier molecular flexibility index (Phi) is 4.40. The van der Waals surface area contributed by atoms with Gasteiger partial charge in [0.05, 0.1) is 11.4 Å². The average molecular weight is 435 g/mol. The van der Waals surface area contributed by atoms with Crippen LogP contribution >= 0.6 is 11.3 Å². The molecule has 0 saturated carbocycles. The van der Waals surface area contributed by atoms with Crippen molar-refractivity contribution in [3.8, 4) is 0 Å². The molecule has 0 spiro atoms. The number of nitrogens with zero attached hydrogens (tertiary/aromatic N) is 3. The summed E-state index contributed by atoms with van der Waals surface area (Å²) in [5.41, 5.74) is 12.2. The van der Waals surface area contributed by atoms with E-state index in [1.54, 1.807) is 6.20 Å². The van der Waals surface area contributed by atoms with Crippen molar-refractivity contribution in [3.63, 3.8) is 0 Å². The molecule has 3 aromatic rings. The van der Waals surface area contributed by atoms with Crippen LogP contribution in [-0.4, -0.2) is 47.1 Å². The van der Waals surface area contributed by atoms with Crippen LogP contribution in [0.5, 0.6) is 0 Å². The summed E-state index contributed by atoms with van der Waals surface area (Å²) < 4.78 is 0. The lowest BCUT2D eigenvalue weighted by molar-refractivity contribution is 0.0938. The molecular formula is C23H26N6OS. The largest absolute Gasteiger partial charge is 0.396 e. The monoisotopic (exact) mass is 434 g/mol. The number of benzene rings is 1. The van der Waals surface area contributed by atoms with Crippen molar-refractivity contribution in [1.82, 2.24) is 20.6 Å². The van der Waals surface area contributed by atoms with Gasteiger partial charge in [0.25, 0.3) is 5.91 Å². The van der Waals surface area contributed by atoms with Crippen molar-refractivity contribution in [2.75, 3.05) is 23.7 Å². The molecule has 1 amide bonds. The molecule has 1 aromatic carbocycles. The average Bonchev–Trinajstić information content (AvgIpc) is 3.48. The number of anilines is 2. The fourth-order valence-electron chi connectivity index (χ4n) is 5.31. The van der Waals surface area contributed by atoms with E-state index in [2.05, 4.69) is 43.7 Å². The Hall–Kier alpha value is -2.71. The zero-order chi connectivity index (χ0) is 21.1. The van der Waals surface area contributed by atoms with Gasteiger partial charge in [0.1, 0.15) is 15.2 Å². The topological polar surface area (TPSA) is 96.2 Å². The van der Waals surface area contributed by atoms with E-state index in [1.165, 1.54) is 34.6 Å². The second-order valence-electron chi connectivity index (χ2n) is 9.02. The molecule has 3 atom stereocenters. The lowest BCUT2D eigenvalue weighted by atomic mass is 9.87. The van der Waals surface area contributed by atoms with Gasteiger partial charge in [-0.3, -0.25) is 4.79 Å². The minimum absolute atomic E-state index is 0.116. The summed E-state index contributed by atoms with van der Waals surface area (Å²) in [6.45, 7) is 4.10. The first-order valence-corrected chi connectivity index (χ1v) is 11.8. The Morgan fingerprint density at radius 2 is 2.26 bits per heavy atom. The van der Waals surface area contributed by atoms with E-state index >= 15 is 0 Å². The summed E-state index contributed by atoms with van der Waals surface area (Å²) >= 11 is 1.32. The van der Waals surface area contributed by atoms with E-state index in [-0.39, 0.29) is 11.9 Å². The summed E-state index contributed by atoms with van der Waals surface area (Å²) in [5.74, 6) is -0.120. The molecule has 8 heteroatoms. The number of aryl methyl sites for hydroxylation is 2. The Balaban J connectivity index is 1.17. The Morgan fingerprint density at radius 3 is 3.06 bits per heavy atom. The third-order valence-electron chi connectivity index (χ3n) is 6.91. The van der Waals surface area contributed by atoms with E-state index in [0.29, 0.717) is 28.2 Å². The van der Waals surface area contributed by atoms with Gasteiger partial charge in [-0.2, -0.15) is 0 Å². The number of amides is 1. The number of nitrogens with one attached hydrogen (secondary N) is 2. The molecule has 7 nitrogen and oxygen atoms in total. The second-order valence-corrected chi connectivity index (χ2v) is 10.0. The quantitative estimate of drug-likeness (QED) is 0.586. The van der Waals surface area contributed by atoms with Crippen LogP contribution in [0.1, 0.15) is 39.3 Å². The molecular weight excluding hydrogens is 408 g/mol. The van der Waals surface area contributed by atoms with Gasteiger partial charge < -0.3 is 21.3 Å². The predicted octanol–water partition coefficient (Wildman–Crippen LogP) is 2.42. The first-order valence-electron chi connectivity index (χ1n) is 11.0. The van der Waals surface area contributed by atoms with Crippen LogP contribution in [0.15, 0.2) is 24.4 Å².